The van der Waals surface area contributed by atoms with Crippen LogP contribution in [0.25, 0.3) is 11.3 Å². The van der Waals surface area contributed by atoms with Gasteiger partial charge in [0.25, 0.3) is 0 Å². The van der Waals surface area contributed by atoms with Gasteiger partial charge in [-0.05, 0) is 30.3 Å². The highest BCUT2D eigenvalue weighted by molar-refractivity contribution is 7.09. The van der Waals surface area contributed by atoms with Gasteiger partial charge in [0, 0.05) is 30.0 Å². The Balaban J connectivity index is 1.55. The maximum Gasteiger partial charge on any atom is 0.124 e. The minimum atomic E-state index is 0.507. The number of thiazole rings is 1. The van der Waals surface area contributed by atoms with Crippen LogP contribution in [0.15, 0.2) is 84.2 Å². The Kier molecular flexibility index (Phi) is 7.32. The molecule has 0 unspecified atom stereocenters. The molecule has 1 aromatic heterocycles. The molecule has 0 radical (unpaired) electrons. The number of rotatable bonds is 10. The van der Waals surface area contributed by atoms with Crippen LogP contribution in [0, 0.1) is 0 Å². The topological polar surface area (TPSA) is 43.4 Å². The fraction of sp³-hybridized carbons (Fsp3) is 0.192. The second-order valence-corrected chi connectivity index (χ2v) is 8.16. The highest BCUT2D eigenvalue weighted by Crippen LogP contribution is 2.31. The molecule has 31 heavy (non-hydrogen) atoms. The molecule has 4 aromatic rings. The quantitative estimate of drug-likeness (QED) is 0.349. The van der Waals surface area contributed by atoms with E-state index < -0.39 is 0 Å². The van der Waals surface area contributed by atoms with Gasteiger partial charge in [-0.1, -0.05) is 60.7 Å². The highest BCUT2D eigenvalue weighted by atomic mass is 32.1. The zero-order chi connectivity index (χ0) is 21.3. The molecule has 5 heteroatoms. The summed E-state index contributed by atoms with van der Waals surface area (Å²) >= 11 is 1.68. The van der Waals surface area contributed by atoms with Gasteiger partial charge in [-0.2, -0.15) is 0 Å². The van der Waals surface area contributed by atoms with Crippen molar-refractivity contribution in [1.82, 2.24) is 10.3 Å². The number of benzene rings is 3. The van der Waals surface area contributed by atoms with Crippen molar-refractivity contribution in [3.05, 3.63) is 100 Å². The molecule has 0 saturated carbocycles. The van der Waals surface area contributed by atoms with Gasteiger partial charge < -0.3 is 14.8 Å². The van der Waals surface area contributed by atoms with Crippen LogP contribution in [0.3, 0.4) is 0 Å². The Morgan fingerprint density at radius 1 is 0.806 bits per heavy atom. The smallest absolute Gasteiger partial charge is 0.124 e. The van der Waals surface area contributed by atoms with Gasteiger partial charge >= 0.3 is 0 Å². The third-order valence-corrected chi connectivity index (χ3v) is 5.72. The summed E-state index contributed by atoms with van der Waals surface area (Å²) < 4.78 is 12.2. The molecule has 0 aliphatic carbocycles. The lowest BCUT2D eigenvalue weighted by Crippen LogP contribution is -2.09. The molecule has 0 aliphatic heterocycles. The van der Waals surface area contributed by atoms with Crippen LogP contribution in [0.4, 0.5) is 0 Å². The van der Waals surface area contributed by atoms with E-state index in [9.17, 15) is 0 Å². The average molecular weight is 431 g/mol. The Morgan fingerprint density at radius 2 is 1.39 bits per heavy atom. The maximum absolute atomic E-state index is 6.10. The molecule has 0 spiro atoms. The molecule has 0 aliphatic rings. The molecule has 1 heterocycles. The molecule has 0 atom stereocenters. The van der Waals surface area contributed by atoms with E-state index in [0.717, 1.165) is 51.9 Å². The van der Waals surface area contributed by atoms with E-state index in [-0.39, 0.29) is 0 Å². The molecule has 0 bridgehead atoms. The molecule has 3 aromatic carbocycles. The number of nitrogens with zero attached hydrogens (tertiary/aromatic N) is 1. The number of likely N-dealkylation sites (N-methyl/N-ethyl adjacent to an activating group) is 1. The van der Waals surface area contributed by atoms with Gasteiger partial charge in [0.1, 0.15) is 24.7 Å². The Bertz CT molecular complexity index is 1020. The van der Waals surface area contributed by atoms with Crippen LogP contribution in [0.5, 0.6) is 11.5 Å². The van der Waals surface area contributed by atoms with Crippen LogP contribution in [-0.2, 0) is 19.6 Å². The number of ether oxygens (including phenoxy) is 2. The minimum absolute atomic E-state index is 0.507. The van der Waals surface area contributed by atoms with E-state index in [4.69, 9.17) is 14.5 Å². The second kappa shape index (κ2) is 10.8. The largest absolute Gasteiger partial charge is 0.489 e. The van der Waals surface area contributed by atoms with E-state index in [1.165, 1.54) is 0 Å². The Hall–Kier alpha value is -3.15. The SMILES string of the molecule is CNCCc1nc(-c2cc(OCc3ccccc3)cc(OCc3ccccc3)c2)cs1. The van der Waals surface area contributed by atoms with E-state index in [1.54, 1.807) is 11.3 Å². The maximum atomic E-state index is 6.10. The number of hydrogen-bond donors (Lipinski definition) is 1. The Labute approximate surface area is 187 Å². The van der Waals surface area contributed by atoms with Crippen molar-refractivity contribution in [2.45, 2.75) is 19.6 Å². The van der Waals surface area contributed by atoms with Crippen molar-refractivity contribution >= 4 is 11.3 Å². The van der Waals surface area contributed by atoms with Crippen molar-refractivity contribution in [3.63, 3.8) is 0 Å². The lowest BCUT2D eigenvalue weighted by atomic mass is 10.1. The van der Waals surface area contributed by atoms with Crippen LogP contribution in [-0.4, -0.2) is 18.6 Å². The standard InChI is InChI=1S/C26H26N2O2S/c1-27-13-12-26-28-25(19-31-26)22-14-23(29-17-20-8-4-2-5-9-20)16-24(15-22)30-18-21-10-6-3-7-11-21/h2-11,14-16,19,27H,12-13,17-18H2,1H3. The first-order valence-electron chi connectivity index (χ1n) is 10.4. The minimum Gasteiger partial charge on any atom is -0.489 e. The van der Waals surface area contributed by atoms with Gasteiger partial charge in [0.2, 0.25) is 0 Å². The molecule has 1 N–H and O–H groups in total. The summed E-state index contributed by atoms with van der Waals surface area (Å²) in [6.07, 6.45) is 0.919. The average Bonchev–Trinajstić information content (AvgIpc) is 3.30. The summed E-state index contributed by atoms with van der Waals surface area (Å²) in [6.45, 7) is 1.93. The first kappa shape index (κ1) is 21.1. The number of nitrogens with one attached hydrogen (secondary N) is 1. The lowest BCUT2D eigenvalue weighted by molar-refractivity contribution is 0.290. The van der Waals surface area contributed by atoms with E-state index in [2.05, 4.69) is 35.0 Å². The van der Waals surface area contributed by atoms with Crippen molar-refractivity contribution < 1.29 is 9.47 Å². The summed E-state index contributed by atoms with van der Waals surface area (Å²) in [5.41, 5.74) is 4.21. The van der Waals surface area contributed by atoms with Gasteiger partial charge in [-0.3, -0.25) is 0 Å². The van der Waals surface area contributed by atoms with E-state index in [0.29, 0.717) is 13.2 Å². The first-order valence-corrected chi connectivity index (χ1v) is 11.3. The Morgan fingerprint density at radius 3 is 1.94 bits per heavy atom. The van der Waals surface area contributed by atoms with Crippen LogP contribution in [0.2, 0.25) is 0 Å². The fourth-order valence-corrected chi connectivity index (χ4v) is 3.97. The van der Waals surface area contributed by atoms with E-state index >= 15 is 0 Å². The summed E-state index contributed by atoms with van der Waals surface area (Å²) in [5, 5.41) is 6.39. The molecule has 4 nitrogen and oxygen atoms in total. The molecular weight excluding hydrogens is 404 g/mol. The van der Waals surface area contributed by atoms with Gasteiger partial charge in [-0.15, -0.1) is 11.3 Å². The zero-order valence-electron chi connectivity index (χ0n) is 17.6. The first-order chi connectivity index (χ1) is 15.3. The van der Waals surface area contributed by atoms with Crippen molar-refractivity contribution in [2.24, 2.45) is 0 Å². The number of aromatic nitrogens is 1. The van der Waals surface area contributed by atoms with Crippen LogP contribution >= 0.6 is 11.3 Å². The normalized spacial score (nSPS) is 10.7. The van der Waals surface area contributed by atoms with Crippen LogP contribution in [0.1, 0.15) is 16.1 Å². The second-order valence-electron chi connectivity index (χ2n) is 7.22. The molecule has 0 amide bonds. The summed E-state index contributed by atoms with van der Waals surface area (Å²) in [6, 6.07) is 26.4. The molecular formula is C26H26N2O2S. The molecule has 158 valence electrons. The third kappa shape index (κ3) is 6.17. The van der Waals surface area contributed by atoms with Crippen molar-refractivity contribution in [3.8, 4) is 22.8 Å². The molecule has 4 rings (SSSR count). The fourth-order valence-electron chi connectivity index (χ4n) is 3.16. The molecule has 0 saturated heterocycles. The van der Waals surface area contributed by atoms with E-state index in [1.807, 2.05) is 61.6 Å². The van der Waals surface area contributed by atoms with Crippen LogP contribution < -0.4 is 14.8 Å². The summed E-state index contributed by atoms with van der Waals surface area (Å²) in [5.74, 6) is 1.54. The summed E-state index contributed by atoms with van der Waals surface area (Å²) in [7, 11) is 1.96. The summed E-state index contributed by atoms with van der Waals surface area (Å²) in [4.78, 5) is 4.80. The lowest BCUT2D eigenvalue weighted by Gasteiger charge is -2.12. The third-order valence-electron chi connectivity index (χ3n) is 4.81. The monoisotopic (exact) mass is 430 g/mol. The molecule has 0 fully saturated rings. The van der Waals surface area contributed by atoms with Gasteiger partial charge in [0.15, 0.2) is 0 Å². The van der Waals surface area contributed by atoms with Gasteiger partial charge in [0.05, 0.1) is 10.7 Å². The van der Waals surface area contributed by atoms with Crippen molar-refractivity contribution in [1.29, 1.82) is 0 Å². The predicted molar refractivity (Wildman–Crippen MR) is 127 cm³/mol. The highest BCUT2D eigenvalue weighted by Gasteiger charge is 2.10. The predicted octanol–water partition coefficient (Wildman–Crippen LogP) is 5.73. The van der Waals surface area contributed by atoms with Gasteiger partial charge in [-0.25, -0.2) is 4.98 Å². The zero-order valence-corrected chi connectivity index (χ0v) is 18.4. The van der Waals surface area contributed by atoms with Crippen molar-refractivity contribution in [2.75, 3.05) is 13.6 Å². The number of hydrogen-bond acceptors (Lipinski definition) is 5.